The lowest BCUT2D eigenvalue weighted by molar-refractivity contribution is -0.161. The zero-order valence-corrected chi connectivity index (χ0v) is 65.5. The van der Waals surface area contributed by atoms with Crippen LogP contribution >= 0.6 is 15.6 Å². The number of aliphatic hydroxyl groups is 1. The summed E-state index contributed by atoms with van der Waals surface area (Å²) in [7, 11) is -10.00. The Hall–Kier alpha value is -4.80. The van der Waals surface area contributed by atoms with Gasteiger partial charge in [-0.3, -0.25) is 37.3 Å². The van der Waals surface area contributed by atoms with Gasteiger partial charge in [0, 0.05) is 25.7 Å². The van der Waals surface area contributed by atoms with E-state index in [-0.39, 0.29) is 25.7 Å². The Morgan fingerprint density at radius 1 is 0.284 bits per heavy atom. The molecule has 0 saturated heterocycles. The number of ether oxygens (including phenoxy) is 4. The van der Waals surface area contributed by atoms with Crippen LogP contribution in [0.3, 0.4) is 0 Å². The van der Waals surface area contributed by atoms with Crippen LogP contribution in [0, 0.1) is 0 Å². The van der Waals surface area contributed by atoms with Gasteiger partial charge in [0.05, 0.1) is 26.4 Å². The maximum atomic E-state index is 13.1. The second-order valence-electron chi connectivity index (χ2n) is 26.0. The highest BCUT2D eigenvalue weighted by atomic mass is 31.2. The maximum Gasteiger partial charge on any atom is 0.472 e. The smallest absolute Gasteiger partial charge is 0.462 e. The van der Waals surface area contributed by atoms with Crippen molar-refractivity contribution in [2.24, 2.45) is 0 Å². The number of phosphoric acid groups is 2. The van der Waals surface area contributed by atoms with Crippen molar-refractivity contribution < 1.29 is 80.2 Å². The molecule has 5 atom stereocenters. The van der Waals surface area contributed by atoms with Crippen molar-refractivity contribution in [3.05, 3.63) is 134 Å². The quantitative estimate of drug-likeness (QED) is 0.0128. The summed E-state index contributed by atoms with van der Waals surface area (Å²) in [5.74, 6) is -2.33. The van der Waals surface area contributed by atoms with E-state index in [0.29, 0.717) is 38.5 Å². The maximum absolute atomic E-state index is 13.1. The van der Waals surface area contributed by atoms with Crippen LogP contribution < -0.4 is 0 Å². The van der Waals surface area contributed by atoms with E-state index < -0.39 is 97.5 Å². The topological polar surface area (TPSA) is 237 Å². The number of carbonyl (C=O) groups is 4. The number of rotatable bonds is 73. The van der Waals surface area contributed by atoms with Gasteiger partial charge in [0.2, 0.25) is 0 Å². The molecule has 0 aromatic heterocycles. The van der Waals surface area contributed by atoms with Crippen LogP contribution in [0.5, 0.6) is 0 Å². The Labute approximate surface area is 618 Å². The summed E-state index contributed by atoms with van der Waals surface area (Å²) in [5, 5.41) is 10.6. The molecule has 102 heavy (non-hydrogen) atoms. The fourth-order valence-electron chi connectivity index (χ4n) is 10.0. The van der Waals surface area contributed by atoms with Crippen LogP contribution in [0.2, 0.25) is 0 Å². The third-order valence-electron chi connectivity index (χ3n) is 16.1. The van der Waals surface area contributed by atoms with Gasteiger partial charge in [-0.15, -0.1) is 0 Å². The third kappa shape index (κ3) is 73.5. The molecular weight excluding hydrogens is 1330 g/mol. The molecule has 0 rings (SSSR count). The third-order valence-corrected chi connectivity index (χ3v) is 18.0. The minimum Gasteiger partial charge on any atom is -0.462 e. The number of esters is 4. The van der Waals surface area contributed by atoms with E-state index >= 15 is 0 Å². The molecule has 2 unspecified atom stereocenters. The van der Waals surface area contributed by atoms with E-state index in [9.17, 15) is 43.2 Å². The molecule has 3 N–H and O–H groups in total. The molecule has 17 nitrogen and oxygen atoms in total. The summed E-state index contributed by atoms with van der Waals surface area (Å²) >= 11 is 0. The Balaban J connectivity index is 5.49. The first-order chi connectivity index (χ1) is 49.7. The number of allylic oxidation sites excluding steroid dienone is 22. The largest absolute Gasteiger partial charge is 0.472 e. The van der Waals surface area contributed by atoms with E-state index in [0.717, 1.165) is 128 Å². The number of phosphoric ester groups is 2. The van der Waals surface area contributed by atoms with E-state index in [2.05, 4.69) is 137 Å². The van der Waals surface area contributed by atoms with E-state index in [1.54, 1.807) is 0 Å². The molecular formula is C83H140O17P2. The molecule has 0 bridgehead atoms. The highest BCUT2D eigenvalue weighted by Gasteiger charge is 2.30. The van der Waals surface area contributed by atoms with Crippen LogP contribution in [0.15, 0.2) is 134 Å². The first-order valence-electron chi connectivity index (χ1n) is 39.4. The molecule has 0 radical (unpaired) electrons. The van der Waals surface area contributed by atoms with Crippen LogP contribution in [0.4, 0.5) is 0 Å². The molecule has 0 aliphatic carbocycles. The summed E-state index contributed by atoms with van der Waals surface area (Å²) in [6.07, 6.45) is 83.0. The first-order valence-corrected chi connectivity index (χ1v) is 42.4. The van der Waals surface area contributed by atoms with Gasteiger partial charge in [-0.25, -0.2) is 9.13 Å². The van der Waals surface area contributed by atoms with E-state index in [4.69, 9.17) is 37.0 Å². The van der Waals surface area contributed by atoms with Gasteiger partial charge in [-0.05, 0) is 154 Å². The van der Waals surface area contributed by atoms with Gasteiger partial charge in [0.15, 0.2) is 12.2 Å². The average Bonchev–Trinajstić information content (AvgIpc) is 0.943. The van der Waals surface area contributed by atoms with Gasteiger partial charge >= 0.3 is 39.5 Å². The molecule has 0 fully saturated rings. The number of unbranched alkanes of at least 4 members (excludes halogenated alkanes) is 26. The summed E-state index contributed by atoms with van der Waals surface area (Å²) in [6, 6.07) is 0. The van der Waals surface area contributed by atoms with Crippen LogP contribution in [0.25, 0.3) is 0 Å². The summed E-state index contributed by atoms with van der Waals surface area (Å²) < 4.78 is 68.4. The Bertz CT molecular complexity index is 2460. The standard InChI is InChI=1S/C83H140O17P2/c1-5-9-13-17-21-25-29-33-36-38-41-44-48-52-56-60-64-68-81(86)94-74-79(100-83(88)70-66-62-58-54-50-46-42-39-37-34-30-26-22-18-14-10-6-2)76-98-102(91,92)96-72-77(84)71-95-101(89,90)97-75-78(73-93-80(85)67-63-59-55-51-47-43-32-28-24-20-16-12-8-4)99-82(87)69-65-61-57-53-49-45-40-35-31-27-23-19-15-11-7-3/h21-22,25-28,31-37,40-42,44,46,52,54,56,58,77-79,84H,5-20,23-24,29-30,38-39,43,45,47-51,53,55,57,59-76H2,1-4H3,(H,89,90)(H,91,92)/b25-21-,26-22-,31-27-,32-28-,36-33-,37-34-,40-35-,44-41-,46-42-,56-52-,58-54-/t77-,78+,79+/m0/s1. The molecule has 0 heterocycles. The molecule has 0 amide bonds. The van der Waals surface area contributed by atoms with Crippen LogP contribution in [0.1, 0.15) is 310 Å². The van der Waals surface area contributed by atoms with Crippen molar-refractivity contribution >= 4 is 39.5 Å². The monoisotopic (exact) mass is 1470 g/mol. The molecule has 0 aliphatic heterocycles. The lowest BCUT2D eigenvalue weighted by atomic mass is 10.1. The number of hydrogen-bond donors (Lipinski definition) is 3. The van der Waals surface area contributed by atoms with E-state index in [1.165, 1.54) is 89.9 Å². The van der Waals surface area contributed by atoms with E-state index in [1.807, 2.05) is 24.3 Å². The van der Waals surface area contributed by atoms with Crippen molar-refractivity contribution in [2.75, 3.05) is 39.6 Å². The molecule has 0 aromatic rings. The van der Waals surface area contributed by atoms with Gasteiger partial charge in [-0.2, -0.15) is 0 Å². The predicted molar refractivity (Wildman–Crippen MR) is 418 cm³/mol. The molecule has 0 aliphatic rings. The van der Waals surface area contributed by atoms with Crippen LogP contribution in [-0.2, 0) is 65.4 Å². The average molecular weight is 1470 g/mol. The van der Waals surface area contributed by atoms with Crippen molar-refractivity contribution in [1.82, 2.24) is 0 Å². The van der Waals surface area contributed by atoms with Crippen LogP contribution in [-0.4, -0.2) is 96.7 Å². The minimum atomic E-state index is -5.01. The Kier molecular flexibility index (Phi) is 71.0. The van der Waals surface area contributed by atoms with Gasteiger partial charge < -0.3 is 33.8 Å². The van der Waals surface area contributed by atoms with Gasteiger partial charge in [0.1, 0.15) is 19.3 Å². The zero-order chi connectivity index (χ0) is 74.6. The van der Waals surface area contributed by atoms with Crippen molar-refractivity contribution in [2.45, 2.75) is 329 Å². The van der Waals surface area contributed by atoms with Crippen molar-refractivity contribution in [3.8, 4) is 0 Å². The SMILES string of the molecule is CCCCC/C=C\C/C=C\C/C=C\C/C=C\CCCC(=O)OC[C@H](COP(=O)(O)OC[C@@H](O)COP(=O)(O)OC[C@@H](COC(=O)CCCCCCC/C=C\CCCCCC)OC(=O)CCCCCCC/C=C\C=C/CCCCCC)OC(=O)CCC/C=C\C/C=C\C/C=C\C/C=C\CCCCC. The fourth-order valence-corrected chi connectivity index (χ4v) is 11.6. The lowest BCUT2D eigenvalue weighted by Crippen LogP contribution is -2.30. The predicted octanol–water partition coefficient (Wildman–Crippen LogP) is 22.9. The van der Waals surface area contributed by atoms with Gasteiger partial charge in [-0.1, -0.05) is 264 Å². The Morgan fingerprint density at radius 3 is 0.873 bits per heavy atom. The molecule has 0 saturated carbocycles. The second-order valence-corrected chi connectivity index (χ2v) is 28.9. The Morgan fingerprint density at radius 2 is 0.520 bits per heavy atom. The summed E-state index contributed by atoms with van der Waals surface area (Å²) in [4.78, 5) is 72.9. The highest BCUT2D eigenvalue weighted by molar-refractivity contribution is 7.47. The second kappa shape index (κ2) is 74.5. The zero-order valence-electron chi connectivity index (χ0n) is 63.7. The van der Waals surface area contributed by atoms with Gasteiger partial charge in [0.25, 0.3) is 0 Å². The molecule has 584 valence electrons. The lowest BCUT2D eigenvalue weighted by Gasteiger charge is -2.21. The molecule has 0 spiro atoms. The molecule has 19 heteroatoms. The summed E-state index contributed by atoms with van der Waals surface area (Å²) in [6.45, 7) is 4.63. The first kappa shape index (κ1) is 97.2. The summed E-state index contributed by atoms with van der Waals surface area (Å²) in [5.41, 5.74) is 0. The highest BCUT2D eigenvalue weighted by Crippen LogP contribution is 2.45. The molecule has 0 aromatic carbocycles. The number of hydrogen-bond acceptors (Lipinski definition) is 15. The number of aliphatic hydroxyl groups excluding tert-OH is 1. The minimum absolute atomic E-state index is 0.00382. The number of carbonyl (C=O) groups excluding carboxylic acids is 4. The van der Waals surface area contributed by atoms with Crippen molar-refractivity contribution in [3.63, 3.8) is 0 Å². The van der Waals surface area contributed by atoms with Crippen molar-refractivity contribution in [1.29, 1.82) is 0 Å². The fraction of sp³-hybridized carbons (Fsp3) is 0.687. The normalized spacial score (nSPS) is 14.6.